The van der Waals surface area contributed by atoms with Gasteiger partial charge < -0.3 is 10.2 Å². The van der Waals surface area contributed by atoms with Gasteiger partial charge in [-0.05, 0) is 19.3 Å². The molecule has 0 aromatic rings. The quantitative estimate of drug-likeness (QED) is 0.745. The highest BCUT2D eigenvalue weighted by Crippen LogP contribution is 2.12. The molecule has 17 heavy (non-hydrogen) atoms. The van der Waals surface area contributed by atoms with Crippen LogP contribution >= 0.6 is 0 Å². The van der Waals surface area contributed by atoms with Gasteiger partial charge in [0.15, 0.2) is 9.84 Å². The molecule has 1 unspecified atom stereocenters. The van der Waals surface area contributed by atoms with Crippen molar-refractivity contribution < 1.29 is 13.2 Å². The largest absolute Gasteiger partial charge is 0.343 e. The number of likely N-dealkylation sites (tertiary alicyclic amines) is 1. The van der Waals surface area contributed by atoms with Crippen molar-refractivity contribution in [1.29, 1.82) is 0 Å². The van der Waals surface area contributed by atoms with E-state index in [0.717, 1.165) is 25.9 Å². The van der Waals surface area contributed by atoms with E-state index in [1.807, 2.05) is 4.90 Å². The van der Waals surface area contributed by atoms with Crippen LogP contribution in [0.1, 0.15) is 25.7 Å². The summed E-state index contributed by atoms with van der Waals surface area (Å²) in [5.41, 5.74) is 0. The average molecular weight is 260 g/mol. The lowest BCUT2D eigenvalue weighted by Crippen LogP contribution is -2.48. The maximum absolute atomic E-state index is 12.0. The summed E-state index contributed by atoms with van der Waals surface area (Å²) in [5.74, 6) is 0.396. The number of carbonyl (C=O) groups excluding carboxylic acids is 1. The molecule has 2 heterocycles. The molecule has 0 bridgehead atoms. The molecule has 0 spiro atoms. The first-order valence-corrected chi connectivity index (χ1v) is 8.10. The van der Waals surface area contributed by atoms with Crippen molar-refractivity contribution in [2.45, 2.75) is 31.7 Å². The van der Waals surface area contributed by atoms with Crippen LogP contribution in [-0.4, -0.2) is 56.4 Å². The van der Waals surface area contributed by atoms with Crippen LogP contribution in [0.15, 0.2) is 0 Å². The summed E-state index contributed by atoms with van der Waals surface area (Å²) in [5, 5.41) is 3.12. The monoisotopic (exact) mass is 260 g/mol. The van der Waals surface area contributed by atoms with Crippen molar-refractivity contribution in [1.82, 2.24) is 10.2 Å². The van der Waals surface area contributed by atoms with Crippen molar-refractivity contribution in [3.63, 3.8) is 0 Å². The topological polar surface area (TPSA) is 66.5 Å². The minimum absolute atomic E-state index is 0.0966. The van der Waals surface area contributed by atoms with Crippen LogP contribution in [0.2, 0.25) is 0 Å². The third-order valence-electron chi connectivity index (χ3n) is 3.43. The van der Waals surface area contributed by atoms with Crippen LogP contribution < -0.4 is 5.32 Å². The number of nitrogens with zero attached hydrogens (tertiary/aromatic N) is 1. The van der Waals surface area contributed by atoms with Crippen LogP contribution in [0.5, 0.6) is 0 Å². The second kappa shape index (κ2) is 5.35. The van der Waals surface area contributed by atoms with Crippen LogP contribution in [0.3, 0.4) is 0 Å². The highest BCUT2D eigenvalue weighted by atomic mass is 32.2. The Kier molecular flexibility index (Phi) is 4.04. The van der Waals surface area contributed by atoms with Gasteiger partial charge >= 0.3 is 0 Å². The van der Waals surface area contributed by atoms with E-state index in [1.54, 1.807) is 0 Å². The molecule has 0 aliphatic carbocycles. The molecule has 1 atom stereocenters. The van der Waals surface area contributed by atoms with Crippen molar-refractivity contribution in [2.75, 3.05) is 31.1 Å². The molecule has 2 aliphatic heterocycles. The van der Waals surface area contributed by atoms with E-state index >= 15 is 0 Å². The Morgan fingerprint density at radius 1 is 1.24 bits per heavy atom. The van der Waals surface area contributed by atoms with Gasteiger partial charge in [-0.3, -0.25) is 4.79 Å². The molecule has 0 aromatic carbocycles. The summed E-state index contributed by atoms with van der Waals surface area (Å²) in [6, 6.07) is -0.192. The molecule has 2 aliphatic rings. The smallest absolute Gasteiger partial charge is 0.224 e. The minimum atomic E-state index is -2.94. The first-order chi connectivity index (χ1) is 8.07. The predicted octanol–water partition coefficient (Wildman–Crippen LogP) is -0.224. The lowest BCUT2D eigenvalue weighted by molar-refractivity contribution is -0.132. The van der Waals surface area contributed by atoms with E-state index in [2.05, 4.69) is 5.32 Å². The summed E-state index contributed by atoms with van der Waals surface area (Å²) in [6.07, 6.45) is 3.66. The molecular formula is C11H20N2O3S. The maximum Gasteiger partial charge on any atom is 0.224 e. The van der Waals surface area contributed by atoms with Gasteiger partial charge in [0.05, 0.1) is 11.5 Å². The average Bonchev–Trinajstić information content (AvgIpc) is 2.29. The van der Waals surface area contributed by atoms with Crippen LogP contribution in [0.25, 0.3) is 0 Å². The number of amides is 1. The van der Waals surface area contributed by atoms with Gasteiger partial charge in [0.25, 0.3) is 0 Å². The summed E-state index contributed by atoms with van der Waals surface area (Å²) in [7, 11) is -2.94. The molecule has 6 heteroatoms. The molecular weight excluding hydrogens is 240 g/mol. The Bertz CT molecular complexity index is 374. The number of piperidine rings is 1. The fourth-order valence-electron chi connectivity index (χ4n) is 2.48. The third-order valence-corrected chi connectivity index (χ3v) is 5.17. The van der Waals surface area contributed by atoms with Gasteiger partial charge in [-0.1, -0.05) is 0 Å². The molecule has 0 aromatic heterocycles. The Hall–Kier alpha value is -0.620. The standard InChI is InChI=1S/C11H20N2O3S/c14-11(13-5-2-1-3-6-13)8-10-9-17(15,16)7-4-12-10/h10,12H,1-9H2. The zero-order valence-corrected chi connectivity index (χ0v) is 10.8. The normalized spacial score (nSPS) is 28.9. The summed E-state index contributed by atoms with van der Waals surface area (Å²) in [4.78, 5) is 13.8. The molecule has 98 valence electrons. The fraction of sp³-hybridized carbons (Fsp3) is 0.909. The van der Waals surface area contributed by atoms with E-state index in [1.165, 1.54) is 6.42 Å². The second-order valence-corrected chi connectivity index (χ2v) is 7.14. The van der Waals surface area contributed by atoms with Crippen LogP contribution in [0.4, 0.5) is 0 Å². The number of carbonyl (C=O) groups is 1. The summed E-state index contributed by atoms with van der Waals surface area (Å²) in [6.45, 7) is 2.14. The predicted molar refractivity (Wildman–Crippen MR) is 65.5 cm³/mol. The summed E-state index contributed by atoms with van der Waals surface area (Å²) >= 11 is 0. The highest BCUT2D eigenvalue weighted by Gasteiger charge is 2.27. The van der Waals surface area contributed by atoms with E-state index in [0.29, 0.717) is 13.0 Å². The summed E-state index contributed by atoms with van der Waals surface area (Å²) < 4.78 is 22.9. The Labute approximate surface area is 102 Å². The van der Waals surface area contributed by atoms with Gasteiger partial charge in [0.1, 0.15) is 0 Å². The van der Waals surface area contributed by atoms with Crippen molar-refractivity contribution in [3.8, 4) is 0 Å². The third kappa shape index (κ3) is 3.67. The zero-order chi connectivity index (χ0) is 12.3. The van der Waals surface area contributed by atoms with Gasteiger partial charge in [0, 0.05) is 32.1 Å². The molecule has 2 rings (SSSR count). The van der Waals surface area contributed by atoms with Gasteiger partial charge in [0.2, 0.25) is 5.91 Å². The lowest BCUT2D eigenvalue weighted by Gasteiger charge is -2.30. The fourth-order valence-corrected chi connectivity index (χ4v) is 3.93. The van der Waals surface area contributed by atoms with Crippen LogP contribution in [-0.2, 0) is 14.6 Å². The van der Waals surface area contributed by atoms with E-state index in [9.17, 15) is 13.2 Å². The number of hydrogen-bond acceptors (Lipinski definition) is 4. The molecule has 5 nitrogen and oxygen atoms in total. The lowest BCUT2D eigenvalue weighted by atomic mass is 10.1. The van der Waals surface area contributed by atoms with E-state index in [-0.39, 0.29) is 23.5 Å². The van der Waals surface area contributed by atoms with E-state index < -0.39 is 9.84 Å². The van der Waals surface area contributed by atoms with E-state index in [4.69, 9.17) is 0 Å². The van der Waals surface area contributed by atoms with Crippen molar-refractivity contribution in [2.24, 2.45) is 0 Å². The highest BCUT2D eigenvalue weighted by molar-refractivity contribution is 7.91. The number of sulfone groups is 1. The van der Waals surface area contributed by atoms with Gasteiger partial charge in [-0.15, -0.1) is 0 Å². The zero-order valence-electron chi connectivity index (χ0n) is 10.0. The Morgan fingerprint density at radius 3 is 2.59 bits per heavy atom. The minimum Gasteiger partial charge on any atom is -0.343 e. The SMILES string of the molecule is O=C(CC1CS(=O)(=O)CCN1)N1CCCCC1. The Balaban J connectivity index is 1.85. The first-order valence-electron chi connectivity index (χ1n) is 6.28. The van der Waals surface area contributed by atoms with Gasteiger partial charge in [-0.2, -0.15) is 0 Å². The molecule has 1 amide bonds. The Morgan fingerprint density at radius 2 is 1.94 bits per heavy atom. The number of rotatable bonds is 2. The number of nitrogens with one attached hydrogen (secondary N) is 1. The molecule has 2 fully saturated rings. The second-order valence-electron chi connectivity index (χ2n) is 4.91. The molecule has 0 radical (unpaired) electrons. The first kappa shape index (κ1) is 12.8. The molecule has 1 N–H and O–H groups in total. The van der Waals surface area contributed by atoms with Crippen molar-refractivity contribution >= 4 is 15.7 Å². The maximum atomic E-state index is 12.0. The molecule has 2 saturated heterocycles. The van der Waals surface area contributed by atoms with Crippen molar-refractivity contribution in [3.05, 3.63) is 0 Å². The van der Waals surface area contributed by atoms with Crippen LogP contribution in [0, 0.1) is 0 Å². The number of hydrogen-bond donors (Lipinski definition) is 1. The molecule has 0 saturated carbocycles. The van der Waals surface area contributed by atoms with Gasteiger partial charge in [-0.25, -0.2) is 8.42 Å².